The molecule has 1 unspecified atom stereocenters. The summed E-state index contributed by atoms with van der Waals surface area (Å²) in [4.78, 5) is 11.2. The van der Waals surface area contributed by atoms with E-state index in [1.54, 1.807) is 6.26 Å². The van der Waals surface area contributed by atoms with E-state index in [1.807, 2.05) is 6.07 Å². The second kappa shape index (κ2) is 2.41. The predicted octanol–water partition coefficient (Wildman–Crippen LogP) is 2.17. The van der Waals surface area contributed by atoms with Gasteiger partial charge in [0.05, 0.1) is 11.7 Å². The Hall–Kier alpha value is -1.25. The van der Waals surface area contributed by atoms with E-state index in [0.717, 1.165) is 37.0 Å². The number of fused-ring (bicyclic) bond motifs is 1. The first kappa shape index (κ1) is 8.09. The van der Waals surface area contributed by atoms with E-state index in [2.05, 4.69) is 0 Å². The number of aryl methyl sites for hydroxylation is 1. The van der Waals surface area contributed by atoms with E-state index in [4.69, 9.17) is 4.42 Å². The summed E-state index contributed by atoms with van der Waals surface area (Å²) in [6.07, 6.45) is 5.19. The molecule has 0 spiro atoms. The molecule has 0 radical (unpaired) electrons. The maximum atomic E-state index is 11.2. The Bertz CT molecular complexity index is 387. The third-order valence-electron chi connectivity index (χ3n) is 3.70. The first-order valence-corrected chi connectivity index (χ1v) is 5.04. The average Bonchev–Trinajstić information content (AvgIpc) is 2.67. The Balaban J connectivity index is 1.99. The van der Waals surface area contributed by atoms with Gasteiger partial charge in [-0.15, -0.1) is 0 Å². The fraction of sp³-hybridized carbons (Fsp3) is 0.545. The van der Waals surface area contributed by atoms with E-state index < -0.39 is 11.4 Å². The van der Waals surface area contributed by atoms with Crippen LogP contribution in [0.5, 0.6) is 0 Å². The molecule has 1 atom stereocenters. The maximum absolute atomic E-state index is 11.2. The summed E-state index contributed by atoms with van der Waals surface area (Å²) in [5.41, 5.74) is 0.694. The number of hydrogen-bond acceptors (Lipinski definition) is 2. The van der Waals surface area contributed by atoms with Crippen molar-refractivity contribution >= 4 is 5.97 Å². The Morgan fingerprint density at radius 3 is 3.00 bits per heavy atom. The lowest BCUT2D eigenvalue weighted by Gasteiger charge is -2.17. The summed E-state index contributed by atoms with van der Waals surface area (Å²) in [6.45, 7) is 0. The summed E-state index contributed by atoms with van der Waals surface area (Å²) in [5.74, 6) is 0.577. The zero-order valence-corrected chi connectivity index (χ0v) is 7.82. The van der Waals surface area contributed by atoms with Crippen LogP contribution in [-0.4, -0.2) is 11.1 Å². The van der Waals surface area contributed by atoms with Gasteiger partial charge in [0, 0.05) is 12.3 Å². The summed E-state index contributed by atoms with van der Waals surface area (Å²) in [6, 6.07) is 1.94. The van der Waals surface area contributed by atoms with Gasteiger partial charge < -0.3 is 9.52 Å². The van der Waals surface area contributed by atoms with Crippen molar-refractivity contribution in [2.24, 2.45) is 5.41 Å². The van der Waals surface area contributed by atoms with Crippen molar-refractivity contribution in [3.05, 3.63) is 23.7 Å². The minimum absolute atomic E-state index is 0.203. The number of carboxylic acid groups (broad SMARTS) is 1. The quantitative estimate of drug-likeness (QED) is 0.781. The highest BCUT2D eigenvalue weighted by atomic mass is 16.4. The van der Waals surface area contributed by atoms with Crippen LogP contribution >= 0.6 is 0 Å². The van der Waals surface area contributed by atoms with Crippen LogP contribution < -0.4 is 0 Å². The van der Waals surface area contributed by atoms with E-state index in [9.17, 15) is 9.90 Å². The maximum Gasteiger partial charge on any atom is 0.310 e. The van der Waals surface area contributed by atoms with Gasteiger partial charge in [0.2, 0.25) is 0 Å². The molecule has 0 aliphatic heterocycles. The highest BCUT2D eigenvalue weighted by Gasteiger charge is 2.58. The minimum atomic E-state index is -0.628. The number of hydrogen-bond donors (Lipinski definition) is 1. The molecule has 0 amide bonds. The lowest BCUT2D eigenvalue weighted by molar-refractivity contribution is -0.144. The van der Waals surface area contributed by atoms with Crippen LogP contribution in [0.3, 0.4) is 0 Å². The summed E-state index contributed by atoms with van der Waals surface area (Å²) in [5, 5.41) is 9.20. The lowest BCUT2D eigenvalue weighted by atomic mass is 9.85. The summed E-state index contributed by atoms with van der Waals surface area (Å²) >= 11 is 0. The van der Waals surface area contributed by atoms with E-state index in [0.29, 0.717) is 0 Å². The van der Waals surface area contributed by atoms with Gasteiger partial charge in [0.15, 0.2) is 0 Å². The van der Waals surface area contributed by atoms with Crippen molar-refractivity contribution in [1.82, 2.24) is 0 Å². The Morgan fingerprint density at radius 2 is 2.36 bits per heavy atom. The molecule has 3 heteroatoms. The fourth-order valence-corrected chi connectivity index (χ4v) is 2.72. The molecule has 0 aromatic carbocycles. The molecule has 1 saturated carbocycles. The van der Waals surface area contributed by atoms with Crippen LogP contribution in [0.15, 0.2) is 16.7 Å². The summed E-state index contributed by atoms with van der Waals surface area (Å²) < 4.78 is 5.32. The van der Waals surface area contributed by atoms with Crippen molar-refractivity contribution in [3.8, 4) is 0 Å². The van der Waals surface area contributed by atoms with Gasteiger partial charge in [-0.1, -0.05) is 0 Å². The zero-order valence-electron chi connectivity index (χ0n) is 7.82. The molecule has 3 nitrogen and oxygen atoms in total. The topological polar surface area (TPSA) is 50.4 Å². The molecular formula is C11H12O3. The standard InChI is InChI=1S/C11H12O3/c12-10(13)11(4-5-11)8-1-2-9-7(8)3-6-14-9/h3,6,8H,1-2,4-5H2,(H,12,13). The van der Waals surface area contributed by atoms with E-state index in [1.165, 1.54) is 0 Å². The SMILES string of the molecule is O=C(O)C1(C2CCc3occc32)CC1. The van der Waals surface area contributed by atoms with Crippen molar-refractivity contribution < 1.29 is 14.3 Å². The van der Waals surface area contributed by atoms with Gasteiger partial charge in [0.1, 0.15) is 5.76 Å². The van der Waals surface area contributed by atoms with Crippen LogP contribution in [0.1, 0.15) is 36.5 Å². The number of furan rings is 1. The molecule has 1 aromatic heterocycles. The van der Waals surface area contributed by atoms with Gasteiger partial charge in [-0.05, 0) is 30.9 Å². The highest BCUT2D eigenvalue weighted by molar-refractivity contribution is 5.79. The monoisotopic (exact) mass is 192 g/mol. The van der Waals surface area contributed by atoms with Crippen molar-refractivity contribution in [1.29, 1.82) is 0 Å². The second-order valence-electron chi connectivity index (χ2n) is 4.35. The second-order valence-corrected chi connectivity index (χ2v) is 4.35. The smallest absolute Gasteiger partial charge is 0.310 e. The van der Waals surface area contributed by atoms with Crippen LogP contribution in [0.25, 0.3) is 0 Å². The van der Waals surface area contributed by atoms with Gasteiger partial charge >= 0.3 is 5.97 Å². The Kier molecular flexibility index (Phi) is 1.39. The largest absolute Gasteiger partial charge is 0.481 e. The molecule has 0 saturated heterocycles. The normalized spacial score (nSPS) is 27.3. The zero-order chi connectivity index (χ0) is 9.76. The third-order valence-corrected chi connectivity index (χ3v) is 3.70. The molecule has 0 bridgehead atoms. The molecule has 14 heavy (non-hydrogen) atoms. The minimum Gasteiger partial charge on any atom is -0.481 e. The number of aliphatic carboxylic acids is 1. The van der Waals surface area contributed by atoms with Crippen molar-refractivity contribution in [2.75, 3.05) is 0 Å². The van der Waals surface area contributed by atoms with Gasteiger partial charge in [-0.3, -0.25) is 4.79 Å². The number of carboxylic acids is 1. The third kappa shape index (κ3) is 0.846. The Morgan fingerprint density at radius 1 is 1.57 bits per heavy atom. The molecule has 2 aliphatic rings. The van der Waals surface area contributed by atoms with Crippen LogP contribution in [0, 0.1) is 5.41 Å². The van der Waals surface area contributed by atoms with E-state index in [-0.39, 0.29) is 5.92 Å². The van der Waals surface area contributed by atoms with Crippen molar-refractivity contribution in [2.45, 2.75) is 31.6 Å². The van der Waals surface area contributed by atoms with Crippen LogP contribution in [0.4, 0.5) is 0 Å². The molecule has 74 valence electrons. The Labute approximate surface area is 81.7 Å². The van der Waals surface area contributed by atoms with Crippen molar-refractivity contribution in [3.63, 3.8) is 0 Å². The molecule has 1 heterocycles. The first-order valence-electron chi connectivity index (χ1n) is 5.04. The molecule has 2 aliphatic carbocycles. The fourth-order valence-electron chi connectivity index (χ4n) is 2.72. The van der Waals surface area contributed by atoms with Gasteiger partial charge in [-0.25, -0.2) is 0 Å². The molecule has 1 fully saturated rings. The van der Waals surface area contributed by atoms with Crippen LogP contribution in [-0.2, 0) is 11.2 Å². The number of carbonyl (C=O) groups is 1. The van der Waals surface area contributed by atoms with Gasteiger partial charge in [-0.2, -0.15) is 0 Å². The molecule has 3 rings (SSSR count). The van der Waals surface area contributed by atoms with E-state index >= 15 is 0 Å². The highest BCUT2D eigenvalue weighted by Crippen LogP contribution is 2.60. The lowest BCUT2D eigenvalue weighted by Crippen LogP contribution is -2.21. The average molecular weight is 192 g/mol. The summed E-state index contributed by atoms with van der Waals surface area (Å²) in [7, 11) is 0. The van der Waals surface area contributed by atoms with Gasteiger partial charge in [0.25, 0.3) is 0 Å². The first-order chi connectivity index (χ1) is 6.74. The molecule has 1 aromatic rings. The predicted molar refractivity (Wildman–Crippen MR) is 49.1 cm³/mol. The number of rotatable bonds is 2. The van der Waals surface area contributed by atoms with Crippen LogP contribution in [0.2, 0.25) is 0 Å². The molecular weight excluding hydrogens is 180 g/mol. The molecule has 1 N–H and O–H groups in total.